The minimum Gasteiger partial charge on any atom is -0.481 e. The summed E-state index contributed by atoms with van der Waals surface area (Å²) >= 11 is 3.30. The van der Waals surface area contributed by atoms with E-state index in [4.69, 9.17) is 0 Å². The fourth-order valence-electron chi connectivity index (χ4n) is 7.15. The van der Waals surface area contributed by atoms with Gasteiger partial charge >= 0.3 is 5.97 Å². The lowest BCUT2D eigenvalue weighted by atomic mass is 9.78. The number of carboxylic acids is 1. The average Bonchev–Trinajstić information content (AvgIpc) is 3.21. The molecule has 3 saturated carbocycles. The summed E-state index contributed by atoms with van der Waals surface area (Å²) in [5.74, 6) is -0.164. The van der Waals surface area contributed by atoms with Crippen LogP contribution >= 0.6 is 28.3 Å². The SMILES string of the molecule is Cl.O=C(O)[C@H]1[C@H](C(=O)Nc2ccc(Br)nc2)[C@@H]2CC[C@H]1C21CC1CC1CCNCC1. The number of nitrogens with zero attached hydrogens (tertiary/aromatic N) is 1. The van der Waals surface area contributed by atoms with E-state index in [1.54, 1.807) is 18.3 Å². The molecule has 6 atom stereocenters. The maximum Gasteiger partial charge on any atom is 0.307 e. The van der Waals surface area contributed by atoms with Gasteiger partial charge in [0.15, 0.2) is 0 Å². The molecule has 1 aromatic rings. The molecule has 3 N–H and O–H groups in total. The van der Waals surface area contributed by atoms with Crippen molar-refractivity contribution in [2.45, 2.75) is 38.5 Å². The predicted octanol–water partition coefficient (Wildman–Crippen LogP) is 3.96. The smallest absolute Gasteiger partial charge is 0.307 e. The number of carbonyl (C=O) groups is 2. The minimum absolute atomic E-state index is 0. The molecule has 1 amide bonds. The molecule has 2 unspecified atom stereocenters. The van der Waals surface area contributed by atoms with E-state index in [0.29, 0.717) is 16.2 Å². The zero-order valence-corrected chi connectivity index (χ0v) is 19.3. The van der Waals surface area contributed by atoms with E-state index in [9.17, 15) is 14.7 Å². The van der Waals surface area contributed by atoms with E-state index in [-0.39, 0.29) is 35.6 Å². The molecule has 8 heteroatoms. The fourth-order valence-corrected chi connectivity index (χ4v) is 7.38. The molecule has 30 heavy (non-hydrogen) atoms. The van der Waals surface area contributed by atoms with Crippen LogP contribution in [0.3, 0.4) is 0 Å². The van der Waals surface area contributed by atoms with Crippen molar-refractivity contribution in [2.24, 2.45) is 40.9 Å². The summed E-state index contributed by atoms with van der Waals surface area (Å²) in [5, 5.41) is 16.4. The largest absolute Gasteiger partial charge is 0.481 e. The second kappa shape index (κ2) is 8.40. The van der Waals surface area contributed by atoms with Crippen LogP contribution in [0.5, 0.6) is 0 Å². The number of carbonyl (C=O) groups excluding carboxylic acids is 1. The van der Waals surface area contributed by atoms with Crippen molar-refractivity contribution in [1.82, 2.24) is 10.3 Å². The molecule has 0 radical (unpaired) electrons. The molecule has 2 bridgehead atoms. The van der Waals surface area contributed by atoms with Gasteiger partial charge in [-0.15, -0.1) is 12.4 Å². The third-order valence-electron chi connectivity index (χ3n) is 8.28. The van der Waals surface area contributed by atoms with Gasteiger partial charge in [-0.25, -0.2) is 4.98 Å². The molecular formula is C22H29BrClN3O3. The lowest BCUT2D eigenvalue weighted by molar-refractivity contribution is -0.148. The zero-order valence-electron chi connectivity index (χ0n) is 16.9. The second-order valence-corrected chi connectivity index (χ2v) is 10.3. The number of anilines is 1. The number of aliphatic carboxylic acids is 1. The Kier molecular flexibility index (Phi) is 6.17. The van der Waals surface area contributed by atoms with Gasteiger partial charge in [0.25, 0.3) is 0 Å². The quantitative estimate of drug-likeness (QED) is 0.535. The summed E-state index contributed by atoms with van der Waals surface area (Å²) in [5.41, 5.74) is 0.731. The Hall–Kier alpha value is -1.18. The maximum atomic E-state index is 13.2. The molecule has 2 heterocycles. The highest BCUT2D eigenvalue weighted by atomic mass is 79.9. The van der Waals surface area contributed by atoms with Crippen molar-refractivity contribution in [3.05, 3.63) is 22.9 Å². The van der Waals surface area contributed by atoms with Gasteiger partial charge in [-0.2, -0.15) is 0 Å². The molecule has 4 fully saturated rings. The number of nitrogens with one attached hydrogen (secondary N) is 2. The van der Waals surface area contributed by atoms with Crippen LogP contribution in [0, 0.1) is 40.9 Å². The number of hydrogen-bond acceptors (Lipinski definition) is 4. The van der Waals surface area contributed by atoms with E-state index in [0.717, 1.165) is 38.3 Å². The number of aromatic nitrogens is 1. The summed E-state index contributed by atoms with van der Waals surface area (Å²) in [4.78, 5) is 29.6. The summed E-state index contributed by atoms with van der Waals surface area (Å²) in [6.07, 6.45) is 8.36. The first-order valence-electron chi connectivity index (χ1n) is 10.9. The Morgan fingerprint density at radius 1 is 1.17 bits per heavy atom. The summed E-state index contributed by atoms with van der Waals surface area (Å²) in [6, 6.07) is 3.58. The summed E-state index contributed by atoms with van der Waals surface area (Å²) < 4.78 is 0.705. The molecule has 164 valence electrons. The number of amides is 1. The van der Waals surface area contributed by atoms with Gasteiger partial charge in [0.2, 0.25) is 5.91 Å². The Bertz CT molecular complexity index is 816. The Balaban J connectivity index is 0.00000218. The van der Waals surface area contributed by atoms with Gasteiger partial charge in [0, 0.05) is 0 Å². The molecule has 1 aromatic heterocycles. The van der Waals surface area contributed by atoms with Crippen molar-refractivity contribution in [3.63, 3.8) is 0 Å². The van der Waals surface area contributed by atoms with Gasteiger partial charge in [0.1, 0.15) is 4.60 Å². The van der Waals surface area contributed by atoms with Gasteiger partial charge < -0.3 is 15.7 Å². The van der Waals surface area contributed by atoms with Gasteiger partial charge in [0.05, 0.1) is 23.7 Å². The number of hydrogen-bond donors (Lipinski definition) is 3. The number of rotatable bonds is 5. The normalized spacial score (nSPS) is 37.0. The molecular weight excluding hydrogens is 470 g/mol. The van der Waals surface area contributed by atoms with Crippen LogP contribution in [-0.2, 0) is 9.59 Å². The van der Waals surface area contributed by atoms with Crippen molar-refractivity contribution in [3.8, 4) is 0 Å². The highest BCUT2D eigenvalue weighted by molar-refractivity contribution is 9.10. The van der Waals surface area contributed by atoms with E-state index < -0.39 is 17.8 Å². The topological polar surface area (TPSA) is 91.3 Å². The Morgan fingerprint density at radius 3 is 2.50 bits per heavy atom. The van der Waals surface area contributed by atoms with Crippen LogP contribution < -0.4 is 10.6 Å². The second-order valence-electron chi connectivity index (χ2n) is 9.48. The van der Waals surface area contributed by atoms with Crippen molar-refractivity contribution in [1.29, 1.82) is 0 Å². The van der Waals surface area contributed by atoms with Crippen LogP contribution in [-0.4, -0.2) is 35.1 Å². The Morgan fingerprint density at radius 2 is 1.87 bits per heavy atom. The first-order chi connectivity index (χ1) is 14.0. The third kappa shape index (κ3) is 3.56. The number of piperidine rings is 1. The van der Waals surface area contributed by atoms with Crippen LogP contribution in [0.1, 0.15) is 38.5 Å². The molecule has 1 aliphatic heterocycles. The van der Waals surface area contributed by atoms with E-state index >= 15 is 0 Å². The monoisotopic (exact) mass is 497 g/mol. The van der Waals surface area contributed by atoms with Crippen molar-refractivity contribution in [2.75, 3.05) is 18.4 Å². The van der Waals surface area contributed by atoms with E-state index in [1.807, 2.05) is 0 Å². The first-order valence-corrected chi connectivity index (χ1v) is 11.7. The molecule has 6 nitrogen and oxygen atoms in total. The molecule has 1 spiro atoms. The maximum absolute atomic E-state index is 13.2. The third-order valence-corrected chi connectivity index (χ3v) is 8.75. The molecule has 4 aliphatic rings. The van der Waals surface area contributed by atoms with Crippen LogP contribution in [0.2, 0.25) is 0 Å². The van der Waals surface area contributed by atoms with Crippen molar-refractivity contribution >= 4 is 45.9 Å². The summed E-state index contributed by atoms with van der Waals surface area (Å²) in [7, 11) is 0. The van der Waals surface area contributed by atoms with Gasteiger partial charge in [-0.05, 0) is 109 Å². The summed E-state index contributed by atoms with van der Waals surface area (Å²) in [6.45, 7) is 2.20. The van der Waals surface area contributed by atoms with Gasteiger partial charge in [-0.3, -0.25) is 9.59 Å². The lowest BCUT2D eigenvalue weighted by Gasteiger charge is -2.26. The number of pyridine rings is 1. The van der Waals surface area contributed by atoms with E-state index in [2.05, 4.69) is 31.5 Å². The Labute approximate surface area is 191 Å². The standard InChI is InChI=1S/C22H28BrN3O3.ClH/c23-17-4-1-14(11-25-17)26-20(27)18-15-2-3-16(19(18)21(28)29)22(15)10-13(22)9-12-5-7-24-8-6-12;/h1,4,11-13,15-16,18-19,24H,2-3,5-10H2,(H,26,27)(H,28,29);1H/t13?,15-,16+,18+,19+,22?;/m0./s1. The number of carboxylic acid groups (broad SMARTS) is 1. The average molecular weight is 499 g/mol. The lowest BCUT2D eigenvalue weighted by Crippen LogP contribution is -2.37. The number of halogens is 2. The minimum atomic E-state index is -0.793. The first kappa shape index (κ1) is 22.0. The molecule has 0 aromatic carbocycles. The highest BCUT2D eigenvalue weighted by Gasteiger charge is 2.75. The molecule has 1 saturated heterocycles. The van der Waals surface area contributed by atoms with E-state index in [1.165, 1.54) is 19.3 Å². The predicted molar refractivity (Wildman–Crippen MR) is 119 cm³/mol. The molecule has 5 rings (SSSR count). The van der Waals surface area contributed by atoms with Gasteiger partial charge in [-0.1, -0.05) is 0 Å². The van der Waals surface area contributed by atoms with Crippen LogP contribution in [0.25, 0.3) is 0 Å². The van der Waals surface area contributed by atoms with Crippen LogP contribution in [0.15, 0.2) is 22.9 Å². The van der Waals surface area contributed by atoms with Crippen molar-refractivity contribution < 1.29 is 14.7 Å². The fraction of sp³-hybridized carbons (Fsp3) is 0.682. The van der Waals surface area contributed by atoms with Crippen LogP contribution in [0.4, 0.5) is 5.69 Å². The molecule has 3 aliphatic carbocycles. The highest BCUT2D eigenvalue weighted by Crippen LogP contribution is 2.78. The zero-order chi connectivity index (χ0) is 20.2.